The fourth-order valence-electron chi connectivity index (χ4n) is 2.23. The maximum atomic E-state index is 12.0. The molecule has 1 heterocycles. The van der Waals surface area contributed by atoms with Crippen LogP contribution in [0.15, 0.2) is 69.5 Å². The van der Waals surface area contributed by atoms with E-state index in [1.54, 1.807) is 11.3 Å². The van der Waals surface area contributed by atoms with Gasteiger partial charge in [0.2, 0.25) is 0 Å². The molecule has 0 saturated carbocycles. The van der Waals surface area contributed by atoms with E-state index in [-0.39, 0.29) is 5.70 Å². The second-order valence-corrected chi connectivity index (χ2v) is 7.56. The lowest BCUT2D eigenvalue weighted by atomic mass is 10.3. The first-order valence-corrected chi connectivity index (χ1v) is 9.51. The van der Waals surface area contributed by atoms with Gasteiger partial charge in [-0.05, 0) is 24.3 Å². The van der Waals surface area contributed by atoms with Gasteiger partial charge in [-0.1, -0.05) is 36.0 Å². The number of aromatic nitrogens is 1. The van der Waals surface area contributed by atoms with E-state index in [1.807, 2.05) is 48.5 Å². The van der Waals surface area contributed by atoms with E-state index in [2.05, 4.69) is 15.0 Å². The van der Waals surface area contributed by atoms with Crippen LogP contribution in [0.4, 0.5) is 5.69 Å². The Morgan fingerprint density at radius 2 is 1.81 bits per heavy atom. The molecule has 0 aliphatic heterocycles. The number of hydrogen-bond donors (Lipinski definition) is 1. The van der Waals surface area contributed by atoms with Crippen LogP contribution in [0.5, 0.6) is 0 Å². The van der Waals surface area contributed by atoms with Gasteiger partial charge in [-0.15, -0.1) is 11.3 Å². The lowest BCUT2D eigenvalue weighted by Gasteiger charge is -2.12. The van der Waals surface area contributed by atoms with Gasteiger partial charge in [-0.3, -0.25) is 0 Å². The molecule has 1 N–H and O–H groups in total. The molecule has 0 unspecified atom stereocenters. The normalized spacial score (nSPS) is 11.3. The van der Waals surface area contributed by atoms with Crippen molar-refractivity contribution in [2.45, 2.75) is 9.24 Å². The number of methoxy groups -OCH3 is 2. The molecule has 0 atom stereocenters. The van der Waals surface area contributed by atoms with Crippen molar-refractivity contribution in [1.29, 1.82) is 0 Å². The molecule has 1 aromatic heterocycles. The minimum atomic E-state index is -0.666. The molecule has 0 bridgehead atoms. The first-order valence-electron chi connectivity index (χ1n) is 7.88. The average Bonchev–Trinajstić information content (AvgIpc) is 3.10. The number of rotatable bonds is 6. The Morgan fingerprint density at radius 3 is 2.56 bits per heavy atom. The van der Waals surface area contributed by atoms with Gasteiger partial charge in [0.25, 0.3) is 0 Å². The van der Waals surface area contributed by atoms with Crippen molar-refractivity contribution in [3.05, 3.63) is 60.3 Å². The van der Waals surface area contributed by atoms with Crippen LogP contribution in [0.3, 0.4) is 0 Å². The minimum Gasteiger partial charge on any atom is -0.466 e. The number of ether oxygens (including phenoxy) is 2. The number of para-hydroxylation sites is 2. The van der Waals surface area contributed by atoms with E-state index in [4.69, 9.17) is 4.74 Å². The number of nitrogens with zero attached hydrogens (tertiary/aromatic N) is 1. The summed E-state index contributed by atoms with van der Waals surface area (Å²) >= 11 is 3.06. The fraction of sp³-hybridized carbons (Fsp3) is 0.105. The largest absolute Gasteiger partial charge is 0.466 e. The second-order valence-electron chi connectivity index (χ2n) is 5.24. The number of esters is 2. The van der Waals surface area contributed by atoms with Crippen molar-refractivity contribution in [1.82, 2.24) is 4.98 Å². The van der Waals surface area contributed by atoms with Crippen molar-refractivity contribution in [2.75, 3.05) is 19.5 Å². The molecule has 6 nitrogen and oxygen atoms in total. The monoisotopic (exact) mass is 400 g/mol. The number of anilines is 1. The molecule has 0 aliphatic rings. The molecule has 0 saturated heterocycles. The van der Waals surface area contributed by atoms with Crippen molar-refractivity contribution in [2.24, 2.45) is 0 Å². The molecule has 138 valence electrons. The maximum absolute atomic E-state index is 12.0. The highest BCUT2D eigenvalue weighted by Crippen LogP contribution is 2.38. The molecule has 0 fully saturated rings. The van der Waals surface area contributed by atoms with E-state index >= 15 is 0 Å². The summed E-state index contributed by atoms with van der Waals surface area (Å²) in [6.07, 6.45) is 1.06. The van der Waals surface area contributed by atoms with Crippen LogP contribution in [0.1, 0.15) is 0 Å². The molecule has 27 heavy (non-hydrogen) atoms. The van der Waals surface area contributed by atoms with Crippen LogP contribution in [-0.2, 0) is 19.1 Å². The molecule has 0 aliphatic carbocycles. The summed E-state index contributed by atoms with van der Waals surface area (Å²) in [6.45, 7) is 0. The molecule has 0 amide bonds. The second kappa shape index (κ2) is 8.70. The third-order valence-electron chi connectivity index (χ3n) is 3.50. The van der Waals surface area contributed by atoms with Gasteiger partial charge in [0.05, 0.1) is 36.2 Å². The number of thiazole rings is 1. The third kappa shape index (κ3) is 4.66. The van der Waals surface area contributed by atoms with Crippen LogP contribution >= 0.6 is 23.1 Å². The Balaban J connectivity index is 1.89. The molecule has 0 radical (unpaired) electrons. The number of fused-ring (bicyclic) bond motifs is 1. The van der Waals surface area contributed by atoms with E-state index in [9.17, 15) is 9.59 Å². The molecule has 2 aromatic carbocycles. The predicted molar refractivity (Wildman–Crippen MR) is 106 cm³/mol. The summed E-state index contributed by atoms with van der Waals surface area (Å²) in [6, 6.07) is 15.4. The van der Waals surface area contributed by atoms with E-state index < -0.39 is 11.9 Å². The zero-order valence-electron chi connectivity index (χ0n) is 14.6. The highest BCUT2D eigenvalue weighted by Gasteiger charge is 2.15. The number of benzene rings is 2. The first-order chi connectivity index (χ1) is 13.1. The van der Waals surface area contributed by atoms with Gasteiger partial charge in [0.15, 0.2) is 4.34 Å². The standard InChI is InChI=1S/C19H16N2O4S2/c1-24-17(22)11-14(18(23)25-2)20-12-7-3-5-9-15(12)26-19-21-13-8-4-6-10-16(13)27-19/h3-11,20H,1-2H3/b14-11+. The van der Waals surface area contributed by atoms with Gasteiger partial charge >= 0.3 is 11.9 Å². The SMILES string of the molecule is COC(=O)/C=C(/Nc1ccccc1Sc1nc2ccccc2s1)C(=O)OC. The van der Waals surface area contributed by atoms with Crippen molar-refractivity contribution < 1.29 is 19.1 Å². The Labute approximate surface area is 164 Å². The lowest BCUT2D eigenvalue weighted by molar-refractivity contribution is -0.138. The topological polar surface area (TPSA) is 77.5 Å². The summed E-state index contributed by atoms with van der Waals surface area (Å²) in [5, 5.41) is 2.96. The predicted octanol–water partition coefficient (Wildman–Crippen LogP) is 4.09. The molecule has 8 heteroatoms. The van der Waals surface area contributed by atoms with Crippen molar-refractivity contribution in [3.8, 4) is 0 Å². The highest BCUT2D eigenvalue weighted by molar-refractivity contribution is 8.01. The zero-order chi connectivity index (χ0) is 19.2. The van der Waals surface area contributed by atoms with Crippen LogP contribution in [0.25, 0.3) is 10.2 Å². The van der Waals surface area contributed by atoms with E-state index in [0.717, 1.165) is 25.5 Å². The van der Waals surface area contributed by atoms with Crippen LogP contribution in [-0.4, -0.2) is 31.1 Å². The maximum Gasteiger partial charge on any atom is 0.354 e. The van der Waals surface area contributed by atoms with Gasteiger partial charge in [0.1, 0.15) is 5.70 Å². The molecular formula is C19H16N2O4S2. The summed E-state index contributed by atoms with van der Waals surface area (Å²) in [7, 11) is 2.49. The van der Waals surface area contributed by atoms with Gasteiger partial charge in [0, 0.05) is 4.90 Å². The molecule has 0 spiro atoms. The average molecular weight is 400 g/mol. The quantitative estimate of drug-likeness (QED) is 0.493. The number of hydrogen-bond acceptors (Lipinski definition) is 8. The Morgan fingerprint density at radius 1 is 1.07 bits per heavy atom. The van der Waals surface area contributed by atoms with Crippen LogP contribution < -0.4 is 5.32 Å². The van der Waals surface area contributed by atoms with Crippen LogP contribution in [0, 0.1) is 0 Å². The Hall–Kier alpha value is -2.84. The minimum absolute atomic E-state index is 0.0123. The first kappa shape index (κ1) is 18.9. The van der Waals surface area contributed by atoms with Gasteiger partial charge in [-0.25, -0.2) is 14.6 Å². The number of carbonyl (C=O) groups excluding carboxylic acids is 2. The van der Waals surface area contributed by atoms with Gasteiger partial charge < -0.3 is 14.8 Å². The van der Waals surface area contributed by atoms with Crippen molar-refractivity contribution in [3.63, 3.8) is 0 Å². The molecular weight excluding hydrogens is 384 g/mol. The zero-order valence-corrected chi connectivity index (χ0v) is 16.2. The Kier molecular flexibility index (Phi) is 6.10. The van der Waals surface area contributed by atoms with E-state index in [0.29, 0.717) is 5.69 Å². The van der Waals surface area contributed by atoms with Crippen LogP contribution in [0.2, 0.25) is 0 Å². The fourth-order valence-corrected chi connectivity index (χ4v) is 4.34. The summed E-state index contributed by atoms with van der Waals surface area (Å²) in [4.78, 5) is 29.0. The number of nitrogens with one attached hydrogen (secondary N) is 1. The summed E-state index contributed by atoms with van der Waals surface area (Å²) in [5.41, 5.74) is 1.58. The Bertz CT molecular complexity index is 981. The smallest absolute Gasteiger partial charge is 0.354 e. The van der Waals surface area contributed by atoms with Gasteiger partial charge in [-0.2, -0.15) is 0 Å². The van der Waals surface area contributed by atoms with E-state index in [1.165, 1.54) is 26.0 Å². The lowest BCUT2D eigenvalue weighted by Crippen LogP contribution is -2.15. The summed E-state index contributed by atoms with van der Waals surface area (Å²) in [5.74, 6) is -1.32. The highest BCUT2D eigenvalue weighted by atomic mass is 32.2. The number of carbonyl (C=O) groups is 2. The van der Waals surface area contributed by atoms with Crippen molar-refractivity contribution >= 4 is 50.9 Å². The third-order valence-corrected chi connectivity index (χ3v) is 5.67. The molecule has 3 aromatic rings. The molecule has 3 rings (SSSR count). The summed E-state index contributed by atoms with van der Waals surface area (Å²) < 4.78 is 11.3.